The summed E-state index contributed by atoms with van der Waals surface area (Å²) in [6.07, 6.45) is 0.0213. The van der Waals surface area contributed by atoms with Crippen LogP contribution in [0.1, 0.15) is 11.3 Å². The summed E-state index contributed by atoms with van der Waals surface area (Å²) in [6.45, 7) is -0.565. The smallest absolute Gasteiger partial charge is 0.328 e. The van der Waals surface area contributed by atoms with Crippen LogP contribution in [0.5, 0.6) is 0 Å². The summed E-state index contributed by atoms with van der Waals surface area (Å²) in [5.41, 5.74) is 0.932. The Bertz CT molecular complexity index is 1190. The normalized spacial score (nSPS) is 11.6. The van der Waals surface area contributed by atoms with Crippen molar-refractivity contribution in [1.29, 1.82) is 0 Å². The van der Waals surface area contributed by atoms with E-state index in [-0.39, 0.29) is 18.4 Å². The fourth-order valence-corrected chi connectivity index (χ4v) is 3.26. The molecule has 9 nitrogen and oxygen atoms in total. The first kappa shape index (κ1) is 22.7. The number of methoxy groups -OCH3 is 1. The molecule has 1 unspecified atom stereocenters. The zero-order valence-corrected chi connectivity index (χ0v) is 17.7. The van der Waals surface area contributed by atoms with Gasteiger partial charge in [0.1, 0.15) is 6.04 Å². The number of hydrogen-bond acceptors (Lipinski definition) is 7. The fraction of sp³-hybridized carbons (Fsp3) is 0.261. The van der Waals surface area contributed by atoms with Crippen LogP contribution in [-0.2, 0) is 43.7 Å². The molecule has 0 spiro atoms. The number of aryl methyl sites for hydroxylation is 1. The second-order valence-electron chi connectivity index (χ2n) is 7.09. The second kappa shape index (κ2) is 10.3. The molecule has 0 fully saturated rings. The van der Waals surface area contributed by atoms with Gasteiger partial charge in [-0.1, -0.05) is 48.5 Å². The van der Waals surface area contributed by atoms with Crippen LogP contribution in [0.25, 0.3) is 10.8 Å². The van der Waals surface area contributed by atoms with E-state index < -0.39 is 30.5 Å². The maximum Gasteiger partial charge on any atom is 0.328 e. The summed E-state index contributed by atoms with van der Waals surface area (Å²) in [6, 6.07) is 15.0. The van der Waals surface area contributed by atoms with Gasteiger partial charge >= 0.3 is 11.9 Å². The van der Waals surface area contributed by atoms with Gasteiger partial charge in [-0.05, 0) is 11.6 Å². The van der Waals surface area contributed by atoms with Crippen LogP contribution in [0.3, 0.4) is 0 Å². The van der Waals surface area contributed by atoms with E-state index in [0.717, 1.165) is 10.2 Å². The molecule has 3 rings (SSSR count). The van der Waals surface area contributed by atoms with E-state index in [1.165, 1.54) is 14.2 Å². The van der Waals surface area contributed by atoms with Gasteiger partial charge in [-0.3, -0.25) is 14.4 Å². The molecule has 3 aromatic rings. The number of nitrogens with one attached hydrogen (secondary N) is 1. The zero-order chi connectivity index (χ0) is 23.1. The molecule has 1 heterocycles. The van der Waals surface area contributed by atoms with Crippen LogP contribution in [0.15, 0.2) is 59.4 Å². The molecule has 1 amide bonds. The van der Waals surface area contributed by atoms with Crippen molar-refractivity contribution < 1.29 is 23.9 Å². The highest BCUT2D eigenvalue weighted by molar-refractivity contribution is 5.89. The topological polar surface area (TPSA) is 117 Å². The first-order valence-electron chi connectivity index (χ1n) is 9.90. The van der Waals surface area contributed by atoms with Crippen molar-refractivity contribution in [2.75, 3.05) is 13.7 Å². The number of ether oxygens (including phenoxy) is 2. The molecule has 32 heavy (non-hydrogen) atoms. The lowest BCUT2D eigenvalue weighted by atomic mass is 10.1. The Kier molecular flexibility index (Phi) is 7.33. The minimum atomic E-state index is -0.914. The first-order chi connectivity index (χ1) is 15.4. The number of aromatic nitrogens is 2. The van der Waals surface area contributed by atoms with Crippen molar-refractivity contribution in [2.45, 2.75) is 18.9 Å². The van der Waals surface area contributed by atoms with Crippen LogP contribution < -0.4 is 10.9 Å². The number of hydrogen-bond donors (Lipinski definition) is 1. The number of fused-ring (bicyclic) bond motifs is 1. The Morgan fingerprint density at radius 3 is 2.38 bits per heavy atom. The maximum atomic E-state index is 12.3. The highest BCUT2D eigenvalue weighted by Crippen LogP contribution is 2.14. The largest absolute Gasteiger partial charge is 0.467 e. The molecule has 0 aliphatic carbocycles. The molecule has 9 heteroatoms. The molecule has 0 aliphatic heterocycles. The van der Waals surface area contributed by atoms with Gasteiger partial charge in [0.15, 0.2) is 6.61 Å². The van der Waals surface area contributed by atoms with E-state index >= 15 is 0 Å². The van der Waals surface area contributed by atoms with E-state index in [9.17, 15) is 19.2 Å². The molecule has 1 atom stereocenters. The second-order valence-corrected chi connectivity index (χ2v) is 7.09. The highest BCUT2D eigenvalue weighted by Gasteiger charge is 2.23. The van der Waals surface area contributed by atoms with Gasteiger partial charge in [0, 0.05) is 18.9 Å². The molecular formula is C23H23N3O6. The zero-order valence-electron chi connectivity index (χ0n) is 17.7. The van der Waals surface area contributed by atoms with Gasteiger partial charge in [-0.15, -0.1) is 0 Å². The van der Waals surface area contributed by atoms with Crippen molar-refractivity contribution in [1.82, 2.24) is 15.1 Å². The summed E-state index contributed by atoms with van der Waals surface area (Å²) in [5.74, 6) is -1.92. The van der Waals surface area contributed by atoms with E-state index in [1.54, 1.807) is 24.3 Å². The number of carbonyl (C=O) groups excluding carboxylic acids is 3. The third-order valence-corrected chi connectivity index (χ3v) is 4.81. The lowest BCUT2D eigenvalue weighted by molar-refractivity contribution is -0.149. The summed E-state index contributed by atoms with van der Waals surface area (Å²) in [4.78, 5) is 48.8. The van der Waals surface area contributed by atoms with Crippen LogP contribution in [0.4, 0.5) is 0 Å². The Morgan fingerprint density at radius 2 is 1.69 bits per heavy atom. The summed E-state index contributed by atoms with van der Waals surface area (Å²) >= 11 is 0. The number of carbonyl (C=O) groups is 3. The van der Waals surface area contributed by atoms with Gasteiger partial charge in [0.2, 0.25) is 0 Å². The number of amides is 1. The molecule has 0 aliphatic rings. The minimum absolute atomic E-state index is 0.216. The number of nitrogens with zero attached hydrogens (tertiary/aromatic N) is 2. The van der Waals surface area contributed by atoms with Gasteiger partial charge in [-0.25, -0.2) is 9.48 Å². The van der Waals surface area contributed by atoms with Gasteiger partial charge in [0.05, 0.1) is 24.6 Å². The van der Waals surface area contributed by atoms with Crippen molar-refractivity contribution in [3.05, 3.63) is 76.2 Å². The lowest BCUT2D eigenvalue weighted by Gasteiger charge is -2.16. The van der Waals surface area contributed by atoms with E-state index in [0.29, 0.717) is 16.5 Å². The Hall–Kier alpha value is -4.01. The van der Waals surface area contributed by atoms with Crippen molar-refractivity contribution >= 4 is 28.6 Å². The highest BCUT2D eigenvalue weighted by atomic mass is 16.5. The summed E-state index contributed by atoms with van der Waals surface area (Å²) in [7, 11) is 2.73. The number of benzene rings is 2. The molecule has 1 aromatic heterocycles. The molecule has 0 radical (unpaired) electrons. The summed E-state index contributed by atoms with van der Waals surface area (Å²) < 4.78 is 11.0. The van der Waals surface area contributed by atoms with Crippen LogP contribution in [-0.4, -0.2) is 47.4 Å². The average Bonchev–Trinajstić information content (AvgIpc) is 2.81. The van der Waals surface area contributed by atoms with Gasteiger partial charge in [-0.2, -0.15) is 5.10 Å². The Balaban J connectivity index is 1.61. The molecule has 1 N–H and O–H groups in total. The van der Waals surface area contributed by atoms with E-state index in [2.05, 4.69) is 10.4 Å². The van der Waals surface area contributed by atoms with Gasteiger partial charge in [0.25, 0.3) is 11.5 Å². The maximum absolute atomic E-state index is 12.3. The van der Waals surface area contributed by atoms with Crippen molar-refractivity contribution in [3.8, 4) is 0 Å². The van der Waals surface area contributed by atoms with Crippen molar-refractivity contribution in [3.63, 3.8) is 0 Å². The Morgan fingerprint density at radius 1 is 1.03 bits per heavy atom. The molecule has 2 aromatic carbocycles. The van der Waals surface area contributed by atoms with E-state index in [4.69, 9.17) is 9.47 Å². The van der Waals surface area contributed by atoms with Crippen LogP contribution >= 0.6 is 0 Å². The van der Waals surface area contributed by atoms with E-state index in [1.807, 2.05) is 30.3 Å². The molecule has 0 saturated heterocycles. The molecular weight excluding hydrogens is 414 g/mol. The summed E-state index contributed by atoms with van der Waals surface area (Å²) in [5, 5.41) is 7.65. The minimum Gasteiger partial charge on any atom is -0.467 e. The number of esters is 2. The quantitative estimate of drug-likeness (QED) is 0.521. The first-order valence-corrected chi connectivity index (χ1v) is 9.90. The predicted octanol–water partition coefficient (Wildman–Crippen LogP) is 0.920. The Labute approximate surface area is 183 Å². The molecule has 0 saturated carbocycles. The third kappa shape index (κ3) is 5.57. The van der Waals surface area contributed by atoms with Crippen molar-refractivity contribution in [2.24, 2.45) is 7.05 Å². The lowest BCUT2D eigenvalue weighted by Crippen LogP contribution is -2.44. The molecule has 0 bridgehead atoms. The van der Waals surface area contributed by atoms with Crippen LogP contribution in [0, 0.1) is 0 Å². The SMILES string of the molecule is COC(=O)C(Cc1ccccc1)NC(=O)COC(=O)Cc1nn(C)c(=O)c2ccccc12. The fourth-order valence-electron chi connectivity index (χ4n) is 3.26. The molecule has 166 valence electrons. The van der Waals surface area contributed by atoms with Gasteiger partial charge < -0.3 is 14.8 Å². The predicted molar refractivity (Wildman–Crippen MR) is 116 cm³/mol. The average molecular weight is 437 g/mol. The monoisotopic (exact) mass is 437 g/mol. The third-order valence-electron chi connectivity index (χ3n) is 4.81. The standard InChI is InChI=1S/C23H23N3O6/c1-26-22(29)17-11-7-6-10-16(17)18(25-26)13-21(28)32-14-20(27)24-19(23(30)31-2)12-15-8-4-3-5-9-15/h3-11,19H,12-14H2,1-2H3,(H,24,27). The van der Waals surface area contributed by atoms with Crippen LogP contribution in [0.2, 0.25) is 0 Å². The number of rotatable bonds is 8.